The standard InChI is InChI=1S/C12H12N4O2S/c1-9-7-11(4-3-10(9)8-13)19(17,18)15-12-5-6-16(2)14-12/h3-7H,1-2H3,(H,14,15). The lowest BCUT2D eigenvalue weighted by Gasteiger charge is -2.06. The number of nitriles is 1. The quantitative estimate of drug-likeness (QED) is 0.917. The van der Waals surface area contributed by atoms with Gasteiger partial charge in [-0.3, -0.25) is 9.40 Å². The lowest BCUT2D eigenvalue weighted by atomic mass is 10.1. The monoisotopic (exact) mass is 276 g/mol. The molecular weight excluding hydrogens is 264 g/mol. The van der Waals surface area contributed by atoms with Crippen LogP contribution in [0.5, 0.6) is 0 Å². The van der Waals surface area contributed by atoms with E-state index in [4.69, 9.17) is 5.26 Å². The SMILES string of the molecule is Cc1cc(S(=O)(=O)Nc2ccn(C)n2)ccc1C#N. The number of aryl methyl sites for hydroxylation is 2. The molecule has 0 amide bonds. The molecule has 0 spiro atoms. The van der Waals surface area contributed by atoms with Crippen molar-refractivity contribution >= 4 is 15.8 Å². The summed E-state index contributed by atoms with van der Waals surface area (Å²) in [5.41, 5.74) is 1.07. The topological polar surface area (TPSA) is 87.8 Å². The lowest BCUT2D eigenvalue weighted by molar-refractivity contribution is 0.600. The molecule has 98 valence electrons. The van der Waals surface area contributed by atoms with E-state index in [1.54, 1.807) is 26.2 Å². The van der Waals surface area contributed by atoms with Crippen molar-refractivity contribution in [1.82, 2.24) is 9.78 Å². The summed E-state index contributed by atoms with van der Waals surface area (Å²) in [7, 11) is -1.98. The van der Waals surface area contributed by atoms with E-state index < -0.39 is 10.0 Å². The molecule has 0 aliphatic carbocycles. The molecule has 7 heteroatoms. The zero-order valence-corrected chi connectivity index (χ0v) is 11.3. The van der Waals surface area contributed by atoms with Crippen LogP contribution in [0.3, 0.4) is 0 Å². The van der Waals surface area contributed by atoms with Gasteiger partial charge in [0, 0.05) is 19.3 Å². The molecule has 19 heavy (non-hydrogen) atoms. The van der Waals surface area contributed by atoms with Gasteiger partial charge in [0.15, 0.2) is 5.82 Å². The summed E-state index contributed by atoms with van der Waals surface area (Å²) in [5.74, 6) is 0.254. The molecule has 0 atom stereocenters. The number of rotatable bonds is 3. The molecule has 1 N–H and O–H groups in total. The van der Waals surface area contributed by atoms with Crippen molar-refractivity contribution in [2.75, 3.05) is 4.72 Å². The number of hydrogen-bond donors (Lipinski definition) is 1. The van der Waals surface area contributed by atoms with Gasteiger partial charge in [-0.05, 0) is 30.7 Å². The molecular formula is C12H12N4O2S. The Morgan fingerprint density at radius 2 is 2.11 bits per heavy atom. The van der Waals surface area contributed by atoms with E-state index in [-0.39, 0.29) is 10.7 Å². The normalized spacial score (nSPS) is 11.0. The zero-order chi connectivity index (χ0) is 14.0. The molecule has 6 nitrogen and oxygen atoms in total. The van der Waals surface area contributed by atoms with E-state index in [0.29, 0.717) is 11.1 Å². The second kappa shape index (κ2) is 4.74. The van der Waals surface area contributed by atoms with Crippen molar-refractivity contribution in [3.05, 3.63) is 41.6 Å². The second-order valence-electron chi connectivity index (χ2n) is 4.07. The number of nitrogens with zero attached hydrogens (tertiary/aromatic N) is 3. The van der Waals surface area contributed by atoms with Gasteiger partial charge in [0.25, 0.3) is 10.0 Å². The summed E-state index contributed by atoms with van der Waals surface area (Å²) in [5, 5.41) is 12.8. The van der Waals surface area contributed by atoms with Crippen LogP contribution in [-0.2, 0) is 17.1 Å². The highest BCUT2D eigenvalue weighted by atomic mass is 32.2. The van der Waals surface area contributed by atoms with Crippen LogP contribution in [0, 0.1) is 18.3 Å². The maximum atomic E-state index is 12.1. The smallest absolute Gasteiger partial charge is 0.263 e. The summed E-state index contributed by atoms with van der Waals surface area (Å²) in [6.07, 6.45) is 1.64. The molecule has 0 fully saturated rings. The average Bonchev–Trinajstić information content (AvgIpc) is 2.73. The highest BCUT2D eigenvalue weighted by molar-refractivity contribution is 7.92. The predicted octanol–water partition coefficient (Wildman–Crippen LogP) is 1.40. The first-order valence-corrected chi connectivity index (χ1v) is 6.94. The average molecular weight is 276 g/mol. The number of sulfonamides is 1. The molecule has 0 radical (unpaired) electrons. The van der Waals surface area contributed by atoms with Gasteiger partial charge in [0.1, 0.15) is 0 Å². The van der Waals surface area contributed by atoms with Crippen molar-refractivity contribution in [3.8, 4) is 6.07 Å². The van der Waals surface area contributed by atoms with Crippen LogP contribution in [0.2, 0.25) is 0 Å². The molecule has 0 saturated carbocycles. The molecule has 0 aliphatic rings. The Balaban J connectivity index is 2.35. The molecule has 0 unspecified atom stereocenters. The van der Waals surface area contributed by atoms with Crippen molar-refractivity contribution in [1.29, 1.82) is 5.26 Å². The van der Waals surface area contributed by atoms with Gasteiger partial charge in [0.2, 0.25) is 0 Å². The van der Waals surface area contributed by atoms with Gasteiger partial charge >= 0.3 is 0 Å². The Morgan fingerprint density at radius 1 is 1.37 bits per heavy atom. The Labute approximate surface area is 111 Å². The summed E-state index contributed by atoms with van der Waals surface area (Å²) in [4.78, 5) is 0.106. The third-order valence-corrected chi connectivity index (χ3v) is 3.93. The molecule has 1 aromatic carbocycles. The Kier molecular flexibility index (Phi) is 3.27. The van der Waals surface area contributed by atoms with Crippen molar-refractivity contribution in [3.63, 3.8) is 0 Å². The number of aromatic nitrogens is 2. The van der Waals surface area contributed by atoms with Crippen molar-refractivity contribution in [2.45, 2.75) is 11.8 Å². The fourth-order valence-electron chi connectivity index (χ4n) is 1.59. The molecule has 0 aliphatic heterocycles. The van der Waals surface area contributed by atoms with Gasteiger partial charge in [-0.2, -0.15) is 10.4 Å². The third kappa shape index (κ3) is 2.74. The van der Waals surface area contributed by atoms with E-state index in [9.17, 15) is 8.42 Å². The Hall–Kier alpha value is -2.33. The maximum Gasteiger partial charge on any atom is 0.263 e. The molecule has 2 rings (SSSR count). The van der Waals surface area contributed by atoms with Crippen LogP contribution in [0.4, 0.5) is 5.82 Å². The number of hydrogen-bond acceptors (Lipinski definition) is 4. The van der Waals surface area contributed by atoms with Crippen LogP contribution in [0.15, 0.2) is 35.4 Å². The molecule has 1 aromatic heterocycles. The van der Waals surface area contributed by atoms with E-state index in [2.05, 4.69) is 9.82 Å². The highest BCUT2D eigenvalue weighted by Crippen LogP contribution is 2.17. The first-order valence-electron chi connectivity index (χ1n) is 5.45. The van der Waals surface area contributed by atoms with Gasteiger partial charge < -0.3 is 0 Å². The summed E-state index contributed by atoms with van der Waals surface area (Å²) in [6.45, 7) is 1.69. The van der Waals surface area contributed by atoms with Crippen molar-refractivity contribution in [2.24, 2.45) is 7.05 Å². The number of benzene rings is 1. The third-order valence-electron chi connectivity index (χ3n) is 2.58. The molecule has 0 bridgehead atoms. The second-order valence-corrected chi connectivity index (χ2v) is 5.75. The van der Waals surface area contributed by atoms with Crippen LogP contribution < -0.4 is 4.72 Å². The minimum absolute atomic E-state index is 0.106. The minimum Gasteiger partial charge on any atom is -0.274 e. The fourth-order valence-corrected chi connectivity index (χ4v) is 2.68. The first-order chi connectivity index (χ1) is 8.92. The van der Waals surface area contributed by atoms with E-state index >= 15 is 0 Å². The minimum atomic E-state index is -3.68. The van der Waals surface area contributed by atoms with Crippen LogP contribution in [-0.4, -0.2) is 18.2 Å². The van der Waals surface area contributed by atoms with Gasteiger partial charge in [-0.15, -0.1) is 0 Å². The van der Waals surface area contributed by atoms with E-state index in [1.165, 1.54) is 22.9 Å². The van der Waals surface area contributed by atoms with Crippen LogP contribution in [0.1, 0.15) is 11.1 Å². The molecule has 0 saturated heterocycles. The molecule has 2 aromatic rings. The predicted molar refractivity (Wildman–Crippen MR) is 69.9 cm³/mol. The first kappa shape index (κ1) is 13.1. The maximum absolute atomic E-state index is 12.1. The Bertz CT molecular complexity index is 756. The van der Waals surface area contributed by atoms with Crippen LogP contribution >= 0.6 is 0 Å². The van der Waals surface area contributed by atoms with Gasteiger partial charge in [-0.1, -0.05) is 0 Å². The largest absolute Gasteiger partial charge is 0.274 e. The van der Waals surface area contributed by atoms with E-state index in [1.807, 2.05) is 6.07 Å². The van der Waals surface area contributed by atoms with E-state index in [0.717, 1.165) is 0 Å². The van der Waals surface area contributed by atoms with Crippen LogP contribution in [0.25, 0.3) is 0 Å². The lowest BCUT2D eigenvalue weighted by Crippen LogP contribution is -2.13. The summed E-state index contributed by atoms with van der Waals surface area (Å²) < 4.78 is 28.1. The highest BCUT2D eigenvalue weighted by Gasteiger charge is 2.16. The van der Waals surface area contributed by atoms with Gasteiger partial charge in [0.05, 0.1) is 16.5 Å². The Morgan fingerprint density at radius 3 is 2.63 bits per heavy atom. The van der Waals surface area contributed by atoms with Crippen molar-refractivity contribution < 1.29 is 8.42 Å². The number of anilines is 1. The zero-order valence-electron chi connectivity index (χ0n) is 10.5. The molecule has 1 heterocycles. The van der Waals surface area contributed by atoms with Gasteiger partial charge in [-0.25, -0.2) is 8.42 Å². The summed E-state index contributed by atoms with van der Waals surface area (Å²) in [6, 6.07) is 7.91. The number of nitrogens with one attached hydrogen (secondary N) is 1. The summed E-state index contributed by atoms with van der Waals surface area (Å²) >= 11 is 0. The fraction of sp³-hybridized carbons (Fsp3) is 0.167.